The third-order valence-electron chi connectivity index (χ3n) is 5.16. The molecule has 0 spiro atoms. The van der Waals surface area contributed by atoms with Crippen molar-refractivity contribution in [1.82, 2.24) is 4.90 Å². The van der Waals surface area contributed by atoms with Crippen LogP contribution in [0.2, 0.25) is 10.0 Å². The lowest BCUT2D eigenvalue weighted by Crippen LogP contribution is -2.47. The molecule has 20 heavy (non-hydrogen) atoms. The molecule has 2 fully saturated rings. The molecular formula is C16H21Cl2NO. The maximum atomic E-state index is 6.20. The van der Waals surface area contributed by atoms with E-state index in [2.05, 4.69) is 18.0 Å². The molecule has 0 aromatic heterocycles. The number of benzene rings is 1. The zero-order valence-corrected chi connectivity index (χ0v) is 13.5. The molecule has 2 aliphatic heterocycles. The molecule has 1 unspecified atom stereocenters. The van der Waals surface area contributed by atoms with Crippen LogP contribution in [-0.4, -0.2) is 37.7 Å². The first-order valence-corrected chi connectivity index (χ1v) is 8.03. The van der Waals surface area contributed by atoms with Gasteiger partial charge in [0, 0.05) is 25.1 Å². The Hall–Kier alpha value is -0.280. The van der Waals surface area contributed by atoms with Crippen molar-refractivity contribution in [1.29, 1.82) is 0 Å². The van der Waals surface area contributed by atoms with Crippen molar-refractivity contribution < 1.29 is 4.74 Å². The standard InChI is InChI=1S/C16H21Cl2NO/c1-19-11-4-6-16(19)13(9-20-2)12(8-11)10-3-5-14(17)15(18)7-10/h3,5,7,11-13,16H,4,6,8-9H2,1-2H3/t11?,12-,13-,16-/m1/s1. The van der Waals surface area contributed by atoms with Gasteiger partial charge in [-0.15, -0.1) is 0 Å². The van der Waals surface area contributed by atoms with Crippen LogP contribution in [-0.2, 0) is 4.74 Å². The average Bonchev–Trinajstić information content (AvgIpc) is 2.67. The van der Waals surface area contributed by atoms with E-state index in [0.29, 0.717) is 34.0 Å². The molecule has 2 nitrogen and oxygen atoms in total. The van der Waals surface area contributed by atoms with Crippen LogP contribution in [0.5, 0.6) is 0 Å². The number of ether oxygens (including phenoxy) is 1. The predicted molar refractivity (Wildman–Crippen MR) is 83.8 cm³/mol. The molecule has 2 saturated heterocycles. The Morgan fingerprint density at radius 2 is 2.05 bits per heavy atom. The first kappa shape index (κ1) is 14.6. The minimum atomic E-state index is 0.526. The third-order valence-corrected chi connectivity index (χ3v) is 5.90. The van der Waals surface area contributed by atoms with Crippen LogP contribution in [0.1, 0.15) is 30.7 Å². The first-order chi connectivity index (χ1) is 9.61. The maximum Gasteiger partial charge on any atom is 0.0595 e. The minimum Gasteiger partial charge on any atom is -0.384 e. The summed E-state index contributed by atoms with van der Waals surface area (Å²) < 4.78 is 5.50. The fraction of sp³-hybridized carbons (Fsp3) is 0.625. The molecule has 2 aliphatic rings. The van der Waals surface area contributed by atoms with Crippen molar-refractivity contribution in [2.24, 2.45) is 5.92 Å². The molecule has 2 bridgehead atoms. The van der Waals surface area contributed by atoms with Crippen molar-refractivity contribution >= 4 is 23.2 Å². The van der Waals surface area contributed by atoms with Gasteiger partial charge in [0.15, 0.2) is 0 Å². The Morgan fingerprint density at radius 1 is 1.25 bits per heavy atom. The smallest absolute Gasteiger partial charge is 0.0595 e. The number of rotatable bonds is 3. The Bertz CT molecular complexity index is 493. The molecule has 1 aromatic rings. The van der Waals surface area contributed by atoms with Crippen molar-refractivity contribution in [3.8, 4) is 0 Å². The summed E-state index contributed by atoms with van der Waals surface area (Å²) >= 11 is 12.2. The molecule has 0 N–H and O–H groups in total. The van der Waals surface area contributed by atoms with Crippen LogP contribution >= 0.6 is 23.2 Å². The van der Waals surface area contributed by atoms with Crippen LogP contribution < -0.4 is 0 Å². The van der Waals surface area contributed by atoms with E-state index < -0.39 is 0 Å². The molecule has 0 amide bonds. The van der Waals surface area contributed by atoms with E-state index in [9.17, 15) is 0 Å². The highest BCUT2D eigenvalue weighted by atomic mass is 35.5. The SMILES string of the molecule is COC[C@@H]1[C@@H](c2ccc(Cl)c(Cl)c2)CC2CC[C@H]1N2C. The van der Waals surface area contributed by atoms with Gasteiger partial charge in [0.2, 0.25) is 0 Å². The van der Waals surface area contributed by atoms with Crippen molar-refractivity contribution in [3.63, 3.8) is 0 Å². The van der Waals surface area contributed by atoms with E-state index in [1.807, 2.05) is 12.1 Å². The average molecular weight is 314 g/mol. The summed E-state index contributed by atoms with van der Waals surface area (Å²) in [5.41, 5.74) is 1.31. The van der Waals surface area contributed by atoms with Crippen LogP contribution in [0, 0.1) is 5.92 Å². The summed E-state index contributed by atoms with van der Waals surface area (Å²) in [5, 5.41) is 1.29. The van der Waals surface area contributed by atoms with Gasteiger partial charge in [-0.2, -0.15) is 0 Å². The van der Waals surface area contributed by atoms with Gasteiger partial charge >= 0.3 is 0 Å². The molecular weight excluding hydrogens is 293 g/mol. The summed E-state index contributed by atoms with van der Waals surface area (Å²) in [7, 11) is 4.06. The molecule has 1 aromatic carbocycles. The van der Waals surface area contributed by atoms with E-state index in [1.54, 1.807) is 7.11 Å². The van der Waals surface area contributed by atoms with Crippen LogP contribution in [0.15, 0.2) is 18.2 Å². The summed E-state index contributed by atoms with van der Waals surface area (Å²) in [6.07, 6.45) is 3.78. The van der Waals surface area contributed by atoms with Crippen LogP contribution in [0.25, 0.3) is 0 Å². The highest BCUT2D eigenvalue weighted by molar-refractivity contribution is 6.42. The van der Waals surface area contributed by atoms with Gasteiger partial charge in [-0.05, 0) is 49.9 Å². The maximum absolute atomic E-state index is 6.20. The summed E-state index contributed by atoms with van der Waals surface area (Å²) in [4.78, 5) is 2.55. The topological polar surface area (TPSA) is 12.5 Å². The van der Waals surface area contributed by atoms with Gasteiger partial charge in [0.25, 0.3) is 0 Å². The van der Waals surface area contributed by atoms with Crippen molar-refractivity contribution in [3.05, 3.63) is 33.8 Å². The molecule has 0 saturated carbocycles. The number of methoxy groups -OCH3 is 1. The van der Waals surface area contributed by atoms with Gasteiger partial charge in [0.1, 0.15) is 0 Å². The van der Waals surface area contributed by atoms with Gasteiger partial charge in [-0.1, -0.05) is 29.3 Å². The van der Waals surface area contributed by atoms with Crippen LogP contribution in [0.3, 0.4) is 0 Å². The molecule has 110 valence electrons. The molecule has 4 heteroatoms. The second kappa shape index (κ2) is 5.84. The fourth-order valence-electron chi connectivity index (χ4n) is 4.12. The van der Waals surface area contributed by atoms with E-state index >= 15 is 0 Å². The zero-order chi connectivity index (χ0) is 14.3. The van der Waals surface area contributed by atoms with E-state index in [4.69, 9.17) is 27.9 Å². The summed E-state index contributed by atoms with van der Waals surface area (Å²) in [6, 6.07) is 7.43. The van der Waals surface area contributed by atoms with Gasteiger partial charge in [-0.25, -0.2) is 0 Å². The number of hydrogen-bond donors (Lipinski definition) is 0. The van der Waals surface area contributed by atoms with E-state index in [1.165, 1.54) is 24.8 Å². The predicted octanol–water partition coefficient (Wildman–Crippen LogP) is 4.21. The highest BCUT2D eigenvalue weighted by Crippen LogP contribution is 2.46. The Labute approximate surface area is 131 Å². The lowest BCUT2D eigenvalue weighted by atomic mass is 9.76. The highest BCUT2D eigenvalue weighted by Gasteiger charge is 2.45. The molecule has 0 radical (unpaired) electrons. The Balaban J connectivity index is 1.92. The third kappa shape index (κ3) is 2.48. The van der Waals surface area contributed by atoms with E-state index in [0.717, 1.165) is 6.61 Å². The lowest BCUT2D eigenvalue weighted by Gasteiger charge is -2.43. The molecule has 2 heterocycles. The Morgan fingerprint density at radius 3 is 2.75 bits per heavy atom. The molecule has 0 aliphatic carbocycles. The molecule has 4 atom stereocenters. The summed E-state index contributed by atoms with van der Waals surface area (Å²) in [5.74, 6) is 1.07. The van der Waals surface area contributed by atoms with E-state index in [-0.39, 0.29) is 0 Å². The number of fused-ring (bicyclic) bond motifs is 2. The van der Waals surface area contributed by atoms with Crippen LogP contribution in [0.4, 0.5) is 0 Å². The normalized spacial score (nSPS) is 33.6. The first-order valence-electron chi connectivity index (χ1n) is 7.27. The monoisotopic (exact) mass is 313 g/mol. The van der Waals surface area contributed by atoms with Crippen molar-refractivity contribution in [2.45, 2.75) is 37.3 Å². The fourth-order valence-corrected chi connectivity index (χ4v) is 4.43. The quantitative estimate of drug-likeness (QED) is 0.829. The van der Waals surface area contributed by atoms with Crippen molar-refractivity contribution in [2.75, 3.05) is 20.8 Å². The summed E-state index contributed by atoms with van der Waals surface area (Å²) in [6.45, 7) is 0.812. The minimum absolute atomic E-state index is 0.526. The second-order valence-corrected chi connectivity index (χ2v) is 6.91. The Kier molecular flexibility index (Phi) is 4.28. The second-order valence-electron chi connectivity index (χ2n) is 6.10. The number of hydrogen-bond acceptors (Lipinski definition) is 2. The van der Waals surface area contributed by atoms with Gasteiger partial charge < -0.3 is 9.64 Å². The number of nitrogens with zero attached hydrogens (tertiary/aromatic N) is 1. The lowest BCUT2D eigenvalue weighted by molar-refractivity contribution is 0.0405. The molecule has 3 rings (SSSR count). The number of piperidine rings is 1. The number of halogens is 2. The zero-order valence-electron chi connectivity index (χ0n) is 12.0. The van der Waals surface area contributed by atoms with Gasteiger partial charge in [0.05, 0.1) is 16.7 Å². The van der Waals surface area contributed by atoms with Gasteiger partial charge in [-0.3, -0.25) is 0 Å². The largest absolute Gasteiger partial charge is 0.384 e.